The van der Waals surface area contributed by atoms with Gasteiger partial charge < -0.3 is 14.2 Å². The van der Waals surface area contributed by atoms with Crippen LogP contribution in [-0.4, -0.2) is 30.4 Å². The summed E-state index contributed by atoms with van der Waals surface area (Å²) in [6.07, 6.45) is 1.56. The summed E-state index contributed by atoms with van der Waals surface area (Å²) < 4.78 is 18.6. The zero-order valence-electron chi connectivity index (χ0n) is 21.3. The van der Waals surface area contributed by atoms with Crippen LogP contribution in [-0.2, 0) is 9.53 Å². The maximum Gasteiger partial charge on any atom is 0.338 e. The first-order valence-electron chi connectivity index (χ1n) is 11.8. The van der Waals surface area contributed by atoms with Gasteiger partial charge in [-0.25, -0.2) is 9.79 Å². The van der Waals surface area contributed by atoms with Crippen LogP contribution in [0.3, 0.4) is 0 Å². The number of carbonyl (C=O) groups excluding carboxylic acids is 1. The Morgan fingerprint density at radius 2 is 1.83 bits per heavy atom. The summed E-state index contributed by atoms with van der Waals surface area (Å²) in [6.45, 7) is 9.81. The Labute approximate surface area is 214 Å². The molecule has 0 amide bonds. The quantitative estimate of drug-likeness (QED) is 0.454. The SMILES string of the molecule is CCOc1ccc([C@@H]2C(C(=O)OC(C)C)=C(C)N=c3s/c(=C/c4ccc(OC)cc4C)c(=O)n32)cc1. The molecule has 2 heterocycles. The largest absolute Gasteiger partial charge is 0.497 e. The molecule has 0 saturated heterocycles. The van der Waals surface area contributed by atoms with Gasteiger partial charge >= 0.3 is 5.97 Å². The first-order chi connectivity index (χ1) is 17.2. The number of carbonyl (C=O) groups is 1. The third-order valence-corrected chi connectivity index (χ3v) is 6.84. The number of esters is 1. The second-order valence-corrected chi connectivity index (χ2v) is 9.77. The molecule has 188 valence electrons. The van der Waals surface area contributed by atoms with Gasteiger partial charge in [0.1, 0.15) is 11.5 Å². The molecule has 1 atom stereocenters. The molecular formula is C28H30N2O5S. The molecule has 0 fully saturated rings. The topological polar surface area (TPSA) is 79.1 Å². The number of rotatable bonds is 7. The lowest BCUT2D eigenvalue weighted by Gasteiger charge is -2.25. The van der Waals surface area contributed by atoms with E-state index in [0.717, 1.165) is 28.2 Å². The predicted octanol–water partition coefficient (Wildman–Crippen LogP) is 3.90. The van der Waals surface area contributed by atoms with E-state index in [4.69, 9.17) is 14.2 Å². The molecule has 1 aliphatic heterocycles. The first kappa shape index (κ1) is 25.4. The molecule has 0 spiro atoms. The molecule has 0 bridgehead atoms. The lowest BCUT2D eigenvalue weighted by molar-refractivity contribution is -0.143. The monoisotopic (exact) mass is 506 g/mol. The molecule has 1 aromatic heterocycles. The average molecular weight is 507 g/mol. The number of thiazole rings is 1. The summed E-state index contributed by atoms with van der Waals surface area (Å²) >= 11 is 1.30. The van der Waals surface area contributed by atoms with Gasteiger partial charge in [0.2, 0.25) is 0 Å². The second-order valence-electron chi connectivity index (χ2n) is 8.76. The highest BCUT2D eigenvalue weighted by molar-refractivity contribution is 7.07. The Bertz CT molecular complexity index is 1500. The van der Waals surface area contributed by atoms with E-state index in [1.54, 1.807) is 32.4 Å². The Morgan fingerprint density at radius 1 is 1.14 bits per heavy atom. The van der Waals surface area contributed by atoms with Crippen LogP contribution in [0.15, 0.2) is 63.5 Å². The van der Waals surface area contributed by atoms with Crippen molar-refractivity contribution >= 4 is 23.4 Å². The van der Waals surface area contributed by atoms with E-state index in [1.165, 1.54) is 11.3 Å². The van der Waals surface area contributed by atoms with Crippen molar-refractivity contribution < 1.29 is 19.0 Å². The standard InChI is InChI=1S/C28H30N2O5S/c1-7-34-21-11-8-19(9-12-21)25-24(27(32)35-16(2)3)18(5)29-28-30(25)26(31)23(36-28)15-20-10-13-22(33-6)14-17(20)4/h8-16,25H,7H2,1-6H3/b23-15+/t25-/m1/s1. The van der Waals surface area contributed by atoms with Crippen molar-refractivity contribution in [1.82, 2.24) is 4.57 Å². The van der Waals surface area contributed by atoms with Crippen molar-refractivity contribution in [3.63, 3.8) is 0 Å². The van der Waals surface area contributed by atoms with Crippen LogP contribution in [0.25, 0.3) is 6.08 Å². The van der Waals surface area contributed by atoms with Crippen LogP contribution in [0.1, 0.15) is 50.4 Å². The van der Waals surface area contributed by atoms with Gasteiger partial charge in [-0.15, -0.1) is 0 Å². The van der Waals surface area contributed by atoms with Gasteiger partial charge in [0, 0.05) is 0 Å². The Kier molecular flexibility index (Phi) is 7.45. The summed E-state index contributed by atoms with van der Waals surface area (Å²) in [5.41, 5.74) is 3.35. The van der Waals surface area contributed by atoms with Gasteiger partial charge in [-0.2, -0.15) is 0 Å². The molecule has 0 saturated carbocycles. The summed E-state index contributed by atoms with van der Waals surface area (Å²) in [4.78, 5) is 32.1. The molecule has 7 nitrogen and oxygen atoms in total. The Balaban J connectivity index is 1.90. The third kappa shape index (κ3) is 4.99. The number of hydrogen-bond acceptors (Lipinski definition) is 7. The van der Waals surface area contributed by atoms with Crippen LogP contribution in [0.2, 0.25) is 0 Å². The normalized spacial score (nSPS) is 15.5. The van der Waals surface area contributed by atoms with Crippen molar-refractivity contribution in [3.05, 3.63) is 90.1 Å². The summed E-state index contributed by atoms with van der Waals surface area (Å²) in [5, 5.41) is 0. The van der Waals surface area contributed by atoms with Crippen molar-refractivity contribution in [3.8, 4) is 11.5 Å². The molecule has 1 aliphatic rings. The van der Waals surface area contributed by atoms with Crippen molar-refractivity contribution in [2.24, 2.45) is 4.99 Å². The average Bonchev–Trinajstić information content (AvgIpc) is 3.14. The number of nitrogens with zero attached hydrogens (tertiary/aromatic N) is 2. The van der Waals surface area contributed by atoms with Gasteiger partial charge in [-0.1, -0.05) is 29.5 Å². The van der Waals surface area contributed by atoms with Crippen molar-refractivity contribution in [1.29, 1.82) is 0 Å². The lowest BCUT2D eigenvalue weighted by Crippen LogP contribution is -2.40. The number of hydrogen-bond donors (Lipinski definition) is 0. The highest BCUT2D eigenvalue weighted by Crippen LogP contribution is 2.32. The highest BCUT2D eigenvalue weighted by atomic mass is 32.1. The van der Waals surface area contributed by atoms with E-state index in [0.29, 0.717) is 27.2 Å². The molecule has 4 rings (SSSR count). The number of ether oxygens (including phenoxy) is 3. The summed E-state index contributed by atoms with van der Waals surface area (Å²) in [6, 6.07) is 12.5. The van der Waals surface area contributed by atoms with Crippen LogP contribution in [0.4, 0.5) is 0 Å². The maximum atomic E-state index is 13.8. The number of benzene rings is 2. The zero-order chi connectivity index (χ0) is 26.0. The smallest absolute Gasteiger partial charge is 0.338 e. The van der Waals surface area contributed by atoms with E-state index in [1.807, 2.05) is 62.4 Å². The van der Waals surface area contributed by atoms with E-state index in [-0.39, 0.29) is 11.7 Å². The number of aryl methyl sites for hydroxylation is 1. The molecule has 0 aliphatic carbocycles. The number of allylic oxidation sites excluding steroid dienone is 1. The Morgan fingerprint density at radius 3 is 2.44 bits per heavy atom. The van der Waals surface area contributed by atoms with Gasteiger partial charge in [-0.05, 0) is 81.7 Å². The van der Waals surface area contributed by atoms with Crippen molar-refractivity contribution in [2.45, 2.75) is 46.8 Å². The van der Waals surface area contributed by atoms with E-state index >= 15 is 0 Å². The zero-order valence-corrected chi connectivity index (χ0v) is 22.1. The maximum absolute atomic E-state index is 13.8. The van der Waals surface area contributed by atoms with E-state index in [9.17, 15) is 9.59 Å². The molecular weight excluding hydrogens is 476 g/mol. The fraction of sp³-hybridized carbons (Fsp3) is 0.321. The van der Waals surface area contributed by atoms with Gasteiger partial charge in [0.05, 0.1) is 41.7 Å². The minimum Gasteiger partial charge on any atom is -0.497 e. The van der Waals surface area contributed by atoms with Crippen molar-refractivity contribution in [2.75, 3.05) is 13.7 Å². The van der Waals surface area contributed by atoms with Crippen LogP contribution < -0.4 is 24.4 Å². The molecule has 8 heteroatoms. The minimum absolute atomic E-state index is 0.213. The van der Waals surface area contributed by atoms with E-state index in [2.05, 4.69) is 4.99 Å². The molecule has 0 N–H and O–H groups in total. The molecule has 0 radical (unpaired) electrons. The van der Waals surface area contributed by atoms with Crippen LogP contribution >= 0.6 is 11.3 Å². The minimum atomic E-state index is -0.665. The second kappa shape index (κ2) is 10.5. The first-order valence-corrected chi connectivity index (χ1v) is 12.7. The lowest BCUT2D eigenvalue weighted by atomic mass is 9.96. The number of fused-ring (bicyclic) bond motifs is 1. The van der Waals surface area contributed by atoms with Gasteiger partial charge in [-0.3, -0.25) is 9.36 Å². The summed E-state index contributed by atoms with van der Waals surface area (Å²) in [5.74, 6) is 0.992. The van der Waals surface area contributed by atoms with Crippen LogP contribution in [0, 0.1) is 6.92 Å². The summed E-state index contributed by atoms with van der Waals surface area (Å²) in [7, 11) is 1.62. The predicted molar refractivity (Wildman–Crippen MR) is 140 cm³/mol. The Hall–Kier alpha value is -3.65. The molecule has 2 aromatic carbocycles. The fourth-order valence-electron chi connectivity index (χ4n) is 4.17. The number of methoxy groups -OCH3 is 1. The highest BCUT2D eigenvalue weighted by Gasteiger charge is 2.33. The number of aromatic nitrogens is 1. The molecule has 3 aromatic rings. The van der Waals surface area contributed by atoms with Crippen LogP contribution in [0.5, 0.6) is 11.5 Å². The van der Waals surface area contributed by atoms with Gasteiger partial charge in [0.25, 0.3) is 5.56 Å². The molecule has 0 unspecified atom stereocenters. The third-order valence-electron chi connectivity index (χ3n) is 5.85. The van der Waals surface area contributed by atoms with E-state index < -0.39 is 12.0 Å². The van der Waals surface area contributed by atoms with Gasteiger partial charge in [0.15, 0.2) is 4.80 Å². The molecule has 36 heavy (non-hydrogen) atoms. The fourth-order valence-corrected chi connectivity index (χ4v) is 5.20.